The van der Waals surface area contributed by atoms with Gasteiger partial charge in [0.05, 0.1) is 17.2 Å². The van der Waals surface area contributed by atoms with Crippen molar-refractivity contribution in [3.63, 3.8) is 0 Å². The number of aromatic nitrogens is 1. The van der Waals surface area contributed by atoms with E-state index in [2.05, 4.69) is 4.99 Å². The molecule has 0 aliphatic heterocycles. The zero-order valence-electron chi connectivity index (χ0n) is 7.95. The van der Waals surface area contributed by atoms with Gasteiger partial charge in [-0.25, -0.2) is 0 Å². The Balaban J connectivity index is 3.28. The highest BCUT2D eigenvalue weighted by Gasteiger charge is 2.06. The van der Waals surface area contributed by atoms with Crippen molar-refractivity contribution >= 4 is 11.6 Å². The summed E-state index contributed by atoms with van der Waals surface area (Å²) in [7, 11) is 0. The molecule has 1 aromatic heterocycles. The predicted octanol–water partition coefficient (Wildman–Crippen LogP) is 0.471. The van der Waals surface area contributed by atoms with Gasteiger partial charge in [0.2, 0.25) is 5.91 Å². The first-order chi connectivity index (χ1) is 7.04. The smallest absolute Gasteiger partial charge is 0.274 e. The van der Waals surface area contributed by atoms with Gasteiger partial charge in [0, 0.05) is 12.5 Å². The third kappa shape index (κ3) is 2.63. The van der Waals surface area contributed by atoms with Gasteiger partial charge in [-0.2, -0.15) is 9.72 Å². The Morgan fingerprint density at radius 1 is 1.73 bits per heavy atom. The molecule has 80 valence electrons. The Kier molecular flexibility index (Phi) is 3.17. The molecular formula is C8H9N3O4. The van der Waals surface area contributed by atoms with Crippen molar-refractivity contribution in [1.29, 1.82) is 0 Å². The fourth-order valence-electron chi connectivity index (χ4n) is 0.874. The molecular weight excluding hydrogens is 202 g/mol. The molecule has 0 spiro atoms. The highest BCUT2D eigenvalue weighted by atomic mass is 16.6. The van der Waals surface area contributed by atoms with Crippen LogP contribution in [0.15, 0.2) is 23.3 Å². The second kappa shape index (κ2) is 4.36. The van der Waals surface area contributed by atoms with Gasteiger partial charge in [0.15, 0.2) is 5.49 Å². The maximum atomic E-state index is 11.0. The first-order valence-electron chi connectivity index (χ1n) is 4.18. The molecule has 7 heteroatoms. The molecule has 0 atom stereocenters. The van der Waals surface area contributed by atoms with E-state index in [4.69, 9.17) is 0 Å². The van der Waals surface area contributed by atoms with Gasteiger partial charge in [0.1, 0.15) is 0 Å². The van der Waals surface area contributed by atoms with Crippen LogP contribution in [0.1, 0.15) is 13.3 Å². The molecule has 1 rings (SSSR count). The van der Waals surface area contributed by atoms with Crippen LogP contribution in [0.4, 0.5) is 5.69 Å². The van der Waals surface area contributed by atoms with E-state index in [1.807, 2.05) is 0 Å². The van der Waals surface area contributed by atoms with Gasteiger partial charge in [0.25, 0.3) is 5.69 Å². The summed E-state index contributed by atoms with van der Waals surface area (Å²) < 4.78 is 0.556. The average molecular weight is 211 g/mol. The zero-order chi connectivity index (χ0) is 11.4. The second-order valence-electron chi connectivity index (χ2n) is 2.70. The lowest BCUT2D eigenvalue weighted by atomic mass is 10.4. The lowest BCUT2D eigenvalue weighted by Gasteiger charge is -1.97. The summed E-state index contributed by atoms with van der Waals surface area (Å²) in [4.78, 5) is 24.2. The predicted molar refractivity (Wildman–Crippen MR) is 49.1 cm³/mol. The fourth-order valence-corrected chi connectivity index (χ4v) is 0.874. The first kappa shape index (κ1) is 10.9. The van der Waals surface area contributed by atoms with Crippen LogP contribution in [0.3, 0.4) is 0 Å². The lowest BCUT2D eigenvalue weighted by Crippen LogP contribution is -2.20. The van der Waals surface area contributed by atoms with Crippen molar-refractivity contribution in [3.05, 3.63) is 33.9 Å². The Labute approximate surface area is 84.4 Å². The molecule has 0 aromatic carbocycles. The molecule has 0 radical (unpaired) electrons. The van der Waals surface area contributed by atoms with Crippen molar-refractivity contribution in [2.75, 3.05) is 0 Å². The maximum Gasteiger partial charge on any atom is 0.274 e. The topological polar surface area (TPSA) is 97.7 Å². The minimum Gasteiger partial charge on any atom is -0.427 e. The minimum absolute atomic E-state index is 0.156. The normalized spacial score (nSPS) is 11.4. The summed E-state index contributed by atoms with van der Waals surface area (Å²) in [5, 5.41) is 19.6. The highest BCUT2D eigenvalue weighted by molar-refractivity contribution is 5.76. The van der Waals surface area contributed by atoms with Gasteiger partial charge in [-0.1, -0.05) is 6.92 Å². The largest absolute Gasteiger partial charge is 0.427 e. The minimum atomic E-state index is -0.630. The number of carbonyl (C=O) groups is 1. The van der Waals surface area contributed by atoms with E-state index in [1.165, 1.54) is 0 Å². The molecule has 0 bridgehead atoms. The maximum absolute atomic E-state index is 11.0. The van der Waals surface area contributed by atoms with Crippen molar-refractivity contribution < 1.29 is 14.9 Å². The number of rotatable bonds is 2. The van der Waals surface area contributed by atoms with E-state index in [9.17, 15) is 20.1 Å². The third-order valence-electron chi connectivity index (χ3n) is 1.65. The number of hydrogen-bond acceptors (Lipinski definition) is 4. The van der Waals surface area contributed by atoms with Gasteiger partial charge < -0.3 is 5.21 Å². The number of amides is 1. The molecule has 1 aromatic rings. The molecule has 15 heavy (non-hydrogen) atoms. The van der Waals surface area contributed by atoms with Crippen LogP contribution in [0.25, 0.3) is 0 Å². The van der Waals surface area contributed by atoms with Crippen molar-refractivity contribution in [2.45, 2.75) is 13.3 Å². The van der Waals surface area contributed by atoms with Gasteiger partial charge in [-0.15, -0.1) is 0 Å². The molecule has 1 amide bonds. The van der Waals surface area contributed by atoms with Crippen molar-refractivity contribution in [2.24, 2.45) is 4.99 Å². The van der Waals surface area contributed by atoms with Crippen LogP contribution < -0.4 is 5.49 Å². The molecule has 0 aliphatic rings. The fraction of sp³-hybridized carbons (Fsp3) is 0.250. The number of carbonyl (C=O) groups excluding carboxylic acids is 1. The molecule has 0 saturated carbocycles. The number of nitro groups is 1. The number of nitrogens with zero attached hydrogens (tertiary/aromatic N) is 3. The van der Waals surface area contributed by atoms with Crippen LogP contribution in [0.5, 0.6) is 0 Å². The van der Waals surface area contributed by atoms with Gasteiger partial charge in [-0.3, -0.25) is 14.9 Å². The summed E-state index contributed by atoms with van der Waals surface area (Å²) in [5.41, 5.74) is -0.390. The Bertz CT molecular complexity index is 463. The molecule has 1 N–H and O–H groups in total. The standard InChI is InChI=1S/C8H9N3O4/c1-2-8(12)9-7-5-6(11(14)15)3-4-10(7)13/h3-5,13H,2H2,1H3. The molecule has 7 nitrogen and oxygen atoms in total. The molecule has 0 fully saturated rings. The average Bonchev–Trinajstić information content (AvgIpc) is 2.20. The molecule has 0 aliphatic carbocycles. The van der Waals surface area contributed by atoms with E-state index in [1.54, 1.807) is 6.92 Å². The third-order valence-corrected chi connectivity index (χ3v) is 1.65. The summed E-state index contributed by atoms with van der Waals surface area (Å²) in [6, 6.07) is 2.13. The molecule has 1 heterocycles. The zero-order valence-corrected chi connectivity index (χ0v) is 7.95. The Hall–Kier alpha value is -2.18. The van der Waals surface area contributed by atoms with Crippen LogP contribution in [-0.4, -0.2) is 20.8 Å². The van der Waals surface area contributed by atoms with E-state index in [-0.39, 0.29) is 17.6 Å². The lowest BCUT2D eigenvalue weighted by molar-refractivity contribution is -0.385. The van der Waals surface area contributed by atoms with Crippen LogP contribution in [-0.2, 0) is 4.79 Å². The summed E-state index contributed by atoms with van der Waals surface area (Å²) >= 11 is 0. The molecule has 0 unspecified atom stereocenters. The summed E-state index contributed by atoms with van der Waals surface area (Å²) in [6.07, 6.45) is 1.22. The summed E-state index contributed by atoms with van der Waals surface area (Å²) in [6.45, 7) is 1.60. The quantitative estimate of drug-likeness (QED) is 0.436. The Morgan fingerprint density at radius 2 is 2.40 bits per heavy atom. The van der Waals surface area contributed by atoms with E-state index < -0.39 is 10.8 Å². The SMILES string of the molecule is CCC(=O)N=c1cc([N+](=O)[O-])ccn1O. The van der Waals surface area contributed by atoms with Crippen LogP contribution >= 0.6 is 0 Å². The van der Waals surface area contributed by atoms with Crippen molar-refractivity contribution in [1.82, 2.24) is 4.73 Å². The van der Waals surface area contributed by atoms with Crippen molar-refractivity contribution in [3.8, 4) is 0 Å². The number of hydrogen-bond donors (Lipinski definition) is 1. The monoisotopic (exact) mass is 211 g/mol. The van der Waals surface area contributed by atoms with Gasteiger partial charge in [-0.05, 0) is 0 Å². The van der Waals surface area contributed by atoms with Crippen LogP contribution in [0.2, 0.25) is 0 Å². The molecule has 0 saturated heterocycles. The van der Waals surface area contributed by atoms with Crippen LogP contribution in [0, 0.1) is 10.1 Å². The van der Waals surface area contributed by atoms with E-state index in [0.29, 0.717) is 4.73 Å². The summed E-state index contributed by atoms with van der Waals surface area (Å²) in [5.74, 6) is -0.460. The van der Waals surface area contributed by atoms with E-state index >= 15 is 0 Å². The van der Waals surface area contributed by atoms with E-state index in [0.717, 1.165) is 18.3 Å². The second-order valence-corrected chi connectivity index (χ2v) is 2.70. The highest BCUT2D eigenvalue weighted by Crippen LogP contribution is 2.04. The first-order valence-corrected chi connectivity index (χ1v) is 4.18. The van der Waals surface area contributed by atoms with Gasteiger partial charge >= 0.3 is 0 Å². The Morgan fingerprint density at radius 3 is 2.93 bits per heavy atom. The number of pyridine rings is 1.